The van der Waals surface area contributed by atoms with Gasteiger partial charge in [0, 0.05) is 6.42 Å². The molecule has 0 radical (unpaired) electrons. The van der Waals surface area contributed by atoms with Crippen LogP contribution in [0.5, 0.6) is 0 Å². The molecule has 4 heteroatoms. The Labute approximate surface area is 107 Å². The summed E-state index contributed by atoms with van der Waals surface area (Å²) in [7, 11) is 0. The Hall–Kier alpha value is -1.68. The molecule has 18 heavy (non-hydrogen) atoms. The van der Waals surface area contributed by atoms with Crippen molar-refractivity contribution in [1.82, 2.24) is 10.1 Å². The van der Waals surface area contributed by atoms with Gasteiger partial charge in [0.15, 0.2) is 5.82 Å². The van der Waals surface area contributed by atoms with Crippen LogP contribution in [0.2, 0.25) is 0 Å². The second kappa shape index (κ2) is 4.90. The quantitative estimate of drug-likeness (QED) is 0.898. The highest BCUT2D eigenvalue weighted by Gasteiger charge is 2.21. The lowest BCUT2D eigenvalue weighted by atomic mass is 10.1. The fraction of sp³-hybridized carbons (Fsp3) is 0.429. The van der Waals surface area contributed by atoms with Gasteiger partial charge in [0.25, 0.3) is 0 Å². The summed E-state index contributed by atoms with van der Waals surface area (Å²) < 4.78 is 5.20. The van der Waals surface area contributed by atoms with Crippen LogP contribution in [0.3, 0.4) is 0 Å². The van der Waals surface area contributed by atoms with Crippen LogP contribution in [0.1, 0.15) is 36.7 Å². The monoisotopic (exact) mass is 245 g/mol. The van der Waals surface area contributed by atoms with Crippen LogP contribution in [0.4, 0.5) is 0 Å². The lowest BCUT2D eigenvalue weighted by Crippen LogP contribution is -2.30. The minimum atomic E-state index is -0.551. The summed E-state index contributed by atoms with van der Waals surface area (Å²) in [6, 6.07) is 8.43. The topological polar surface area (TPSA) is 64.9 Å². The molecular formula is C14H19N3O. The number of hydrogen-bond donors (Lipinski definition) is 1. The summed E-state index contributed by atoms with van der Waals surface area (Å²) >= 11 is 0. The number of nitrogens with zero attached hydrogens (tertiary/aromatic N) is 2. The standard InChI is InChI=1S/C14H19N3O/c1-10-5-4-6-11(9-10)7-8-12-16-13(17-18-12)14(2,3)15/h4-6,9H,7-8,15H2,1-3H3. The first-order valence-corrected chi connectivity index (χ1v) is 6.12. The third-order valence-corrected chi connectivity index (χ3v) is 2.75. The smallest absolute Gasteiger partial charge is 0.227 e. The van der Waals surface area contributed by atoms with Gasteiger partial charge < -0.3 is 10.3 Å². The SMILES string of the molecule is Cc1cccc(CCc2nc(C(C)(C)N)no2)c1. The van der Waals surface area contributed by atoms with Crippen LogP contribution in [0.25, 0.3) is 0 Å². The molecule has 0 aliphatic heterocycles. The van der Waals surface area contributed by atoms with Crippen LogP contribution >= 0.6 is 0 Å². The molecule has 0 aliphatic rings. The van der Waals surface area contributed by atoms with Crippen LogP contribution < -0.4 is 5.73 Å². The van der Waals surface area contributed by atoms with Crippen molar-refractivity contribution >= 4 is 0 Å². The Morgan fingerprint density at radius 2 is 2.06 bits per heavy atom. The maximum Gasteiger partial charge on any atom is 0.227 e. The Kier molecular flexibility index (Phi) is 3.48. The molecule has 0 atom stereocenters. The van der Waals surface area contributed by atoms with Gasteiger partial charge in [-0.25, -0.2) is 0 Å². The summed E-state index contributed by atoms with van der Waals surface area (Å²) in [4.78, 5) is 4.32. The molecule has 1 aromatic carbocycles. The van der Waals surface area contributed by atoms with Crippen molar-refractivity contribution in [2.24, 2.45) is 5.73 Å². The van der Waals surface area contributed by atoms with Gasteiger partial charge in [0.05, 0.1) is 5.54 Å². The summed E-state index contributed by atoms with van der Waals surface area (Å²) in [6.45, 7) is 5.82. The van der Waals surface area contributed by atoms with E-state index in [-0.39, 0.29) is 0 Å². The molecule has 2 aromatic rings. The molecule has 0 saturated carbocycles. The highest BCUT2D eigenvalue weighted by atomic mass is 16.5. The number of hydrogen-bond acceptors (Lipinski definition) is 4. The first-order valence-electron chi connectivity index (χ1n) is 6.12. The molecule has 96 valence electrons. The average Bonchev–Trinajstić information content (AvgIpc) is 2.74. The second-order valence-corrected chi connectivity index (χ2v) is 5.22. The van der Waals surface area contributed by atoms with Crippen molar-refractivity contribution in [3.8, 4) is 0 Å². The minimum absolute atomic E-state index is 0.551. The fourth-order valence-electron chi connectivity index (χ4n) is 1.74. The van der Waals surface area contributed by atoms with Gasteiger partial charge in [0.1, 0.15) is 0 Å². The van der Waals surface area contributed by atoms with Crippen LogP contribution in [-0.2, 0) is 18.4 Å². The molecule has 1 aromatic heterocycles. The molecule has 0 fully saturated rings. The molecule has 0 bridgehead atoms. The van der Waals surface area contributed by atoms with E-state index in [1.54, 1.807) is 0 Å². The van der Waals surface area contributed by atoms with Crippen LogP contribution in [0.15, 0.2) is 28.8 Å². The van der Waals surface area contributed by atoms with Crippen molar-refractivity contribution in [3.63, 3.8) is 0 Å². The summed E-state index contributed by atoms with van der Waals surface area (Å²) in [6.07, 6.45) is 1.64. The number of benzene rings is 1. The lowest BCUT2D eigenvalue weighted by Gasteiger charge is -2.11. The Morgan fingerprint density at radius 3 is 2.67 bits per heavy atom. The molecular weight excluding hydrogens is 226 g/mol. The Morgan fingerprint density at radius 1 is 1.28 bits per heavy atom. The van der Waals surface area contributed by atoms with E-state index in [0.29, 0.717) is 11.7 Å². The van der Waals surface area contributed by atoms with E-state index in [2.05, 4.69) is 41.3 Å². The largest absolute Gasteiger partial charge is 0.339 e. The molecule has 0 spiro atoms. The van der Waals surface area contributed by atoms with E-state index in [4.69, 9.17) is 10.3 Å². The van der Waals surface area contributed by atoms with Gasteiger partial charge in [-0.3, -0.25) is 0 Å². The molecule has 2 rings (SSSR count). The number of nitrogens with two attached hydrogens (primary N) is 1. The third kappa shape index (κ3) is 3.17. The van der Waals surface area contributed by atoms with Crippen molar-refractivity contribution in [1.29, 1.82) is 0 Å². The summed E-state index contributed by atoms with van der Waals surface area (Å²) in [5, 5.41) is 3.91. The van der Waals surface area contributed by atoms with Gasteiger partial charge in [0.2, 0.25) is 5.89 Å². The third-order valence-electron chi connectivity index (χ3n) is 2.75. The molecule has 0 amide bonds. The van der Waals surface area contributed by atoms with E-state index in [1.807, 2.05) is 13.8 Å². The van der Waals surface area contributed by atoms with E-state index in [0.717, 1.165) is 12.8 Å². The van der Waals surface area contributed by atoms with Crippen LogP contribution in [-0.4, -0.2) is 10.1 Å². The van der Waals surface area contributed by atoms with E-state index >= 15 is 0 Å². The summed E-state index contributed by atoms with van der Waals surface area (Å²) in [5.41, 5.74) is 7.91. The highest BCUT2D eigenvalue weighted by molar-refractivity contribution is 5.22. The van der Waals surface area contributed by atoms with Gasteiger partial charge in [-0.1, -0.05) is 35.0 Å². The fourth-order valence-corrected chi connectivity index (χ4v) is 1.74. The van der Waals surface area contributed by atoms with Gasteiger partial charge in [-0.2, -0.15) is 4.98 Å². The van der Waals surface area contributed by atoms with E-state index in [9.17, 15) is 0 Å². The predicted molar refractivity (Wildman–Crippen MR) is 70.1 cm³/mol. The van der Waals surface area contributed by atoms with Crippen molar-refractivity contribution < 1.29 is 4.52 Å². The van der Waals surface area contributed by atoms with Gasteiger partial charge in [-0.05, 0) is 32.8 Å². The number of rotatable bonds is 4. The molecule has 4 nitrogen and oxygen atoms in total. The highest BCUT2D eigenvalue weighted by Crippen LogP contribution is 2.14. The zero-order valence-corrected chi connectivity index (χ0v) is 11.1. The van der Waals surface area contributed by atoms with Crippen molar-refractivity contribution in [2.75, 3.05) is 0 Å². The van der Waals surface area contributed by atoms with Crippen molar-refractivity contribution in [3.05, 3.63) is 47.1 Å². The van der Waals surface area contributed by atoms with Crippen LogP contribution in [0, 0.1) is 6.92 Å². The number of aryl methyl sites for hydroxylation is 3. The van der Waals surface area contributed by atoms with Gasteiger partial charge >= 0.3 is 0 Å². The molecule has 0 unspecified atom stereocenters. The average molecular weight is 245 g/mol. The predicted octanol–water partition coefficient (Wildman–Crippen LogP) is 2.36. The molecule has 0 aliphatic carbocycles. The molecule has 1 heterocycles. The van der Waals surface area contributed by atoms with Crippen molar-refractivity contribution in [2.45, 2.75) is 39.2 Å². The first kappa shape index (κ1) is 12.8. The second-order valence-electron chi connectivity index (χ2n) is 5.22. The maximum atomic E-state index is 5.91. The molecule has 0 saturated heterocycles. The normalized spacial score (nSPS) is 11.8. The van der Waals surface area contributed by atoms with E-state index < -0.39 is 5.54 Å². The Balaban J connectivity index is 2.01. The zero-order valence-electron chi connectivity index (χ0n) is 11.1. The molecule has 2 N–H and O–H groups in total. The minimum Gasteiger partial charge on any atom is -0.339 e. The van der Waals surface area contributed by atoms with E-state index in [1.165, 1.54) is 11.1 Å². The maximum absolute atomic E-state index is 5.91. The Bertz CT molecular complexity index is 526. The first-order chi connectivity index (χ1) is 8.45. The number of aromatic nitrogens is 2. The zero-order chi connectivity index (χ0) is 13.2. The summed E-state index contributed by atoms with van der Waals surface area (Å²) in [5.74, 6) is 1.20. The lowest BCUT2D eigenvalue weighted by molar-refractivity contribution is 0.360. The van der Waals surface area contributed by atoms with Gasteiger partial charge in [-0.15, -0.1) is 0 Å².